The predicted octanol–water partition coefficient (Wildman–Crippen LogP) is 2.75. The number of hydrogen-bond donors (Lipinski definition) is 1. The van der Waals surface area contributed by atoms with Gasteiger partial charge >= 0.3 is 0 Å². The Morgan fingerprint density at radius 1 is 1.53 bits per heavy atom. The molecule has 2 atom stereocenters. The third-order valence-electron chi connectivity index (χ3n) is 3.17. The topological polar surface area (TPSA) is 21.3 Å². The molecule has 2 nitrogen and oxygen atoms in total. The van der Waals surface area contributed by atoms with Gasteiger partial charge in [-0.15, -0.1) is 0 Å². The van der Waals surface area contributed by atoms with Crippen molar-refractivity contribution < 1.29 is 4.74 Å². The fraction of sp³-hybridized carbons (Fsp3) is 0.846. The molecule has 0 aromatic carbocycles. The quantitative estimate of drug-likeness (QED) is 0.654. The van der Waals surface area contributed by atoms with Crippen molar-refractivity contribution in [1.82, 2.24) is 5.32 Å². The third kappa shape index (κ3) is 4.80. The van der Waals surface area contributed by atoms with E-state index in [2.05, 4.69) is 25.7 Å². The standard InChI is InChI=1S/C13H25NO/c1-4-11(3)8-13(14-5-2)9-12-6-7-15-10-12/h12-14H,3-10H2,1-2H3. The Morgan fingerprint density at radius 3 is 2.87 bits per heavy atom. The van der Waals surface area contributed by atoms with Crippen LogP contribution in [-0.2, 0) is 4.74 Å². The molecule has 0 spiro atoms. The molecule has 0 radical (unpaired) electrons. The molecule has 15 heavy (non-hydrogen) atoms. The van der Waals surface area contributed by atoms with Gasteiger partial charge in [0.2, 0.25) is 0 Å². The van der Waals surface area contributed by atoms with Gasteiger partial charge in [-0.3, -0.25) is 0 Å². The Morgan fingerprint density at radius 2 is 2.33 bits per heavy atom. The van der Waals surface area contributed by atoms with Crippen LogP contribution in [0.3, 0.4) is 0 Å². The van der Waals surface area contributed by atoms with Crippen LogP contribution in [0, 0.1) is 5.92 Å². The van der Waals surface area contributed by atoms with Crippen LogP contribution in [0.15, 0.2) is 12.2 Å². The number of hydrogen-bond acceptors (Lipinski definition) is 2. The molecule has 2 unspecified atom stereocenters. The molecule has 0 aromatic rings. The summed E-state index contributed by atoms with van der Waals surface area (Å²) in [6.45, 7) is 11.4. The van der Waals surface area contributed by atoms with E-state index < -0.39 is 0 Å². The van der Waals surface area contributed by atoms with Gasteiger partial charge in [-0.2, -0.15) is 0 Å². The van der Waals surface area contributed by atoms with Crippen LogP contribution in [0.2, 0.25) is 0 Å². The second-order valence-electron chi connectivity index (χ2n) is 4.53. The van der Waals surface area contributed by atoms with E-state index in [0.29, 0.717) is 6.04 Å². The highest BCUT2D eigenvalue weighted by molar-refractivity contribution is 4.97. The van der Waals surface area contributed by atoms with Gasteiger partial charge in [0.1, 0.15) is 0 Å². The van der Waals surface area contributed by atoms with Gasteiger partial charge in [0, 0.05) is 19.3 Å². The van der Waals surface area contributed by atoms with E-state index in [9.17, 15) is 0 Å². The van der Waals surface area contributed by atoms with Gasteiger partial charge in [-0.05, 0) is 38.1 Å². The fourth-order valence-corrected chi connectivity index (χ4v) is 2.19. The molecule has 0 bridgehead atoms. The fourth-order valence-electron chi connectivity index (χ4n) is 2.19. The Kier molecular flexibility index (Phi) is 5.96. The molecule has 1 rings (SSSR count). The second kappa shape index (κ2) is 7.02. The van der Waals surface area contributed by atoms with Crippen molar-refractivity contribution in [2.45, 2.75) is 45.6 Å². The molecule has 0 aliphatic carbocycles. The molecule has 0 amide bonds. The maximum absolute atomic E-state index is 5.42. The maximum atomic E-state index is 5.42. The highest BCUT2D eigenvalue weighted by atomic mass is 16.5. The van der Waals surface area contributed by atoms with Crippen LogP contribution in [0.5, 0.6) is 0 Å². The van der Waals surface area contributed by atoms with Crippen molar-refractivity contribution in [3.05, 3.63) is 12.2 Å². The summed E-state index contributed by atoms with van der Waals surface area (Å²) in [5, 5.41) is 3.56. The van der Waals surface area contributed by atoms with Gasteiger partial charge in [-0.1, -0.05) is 26.0 Å². The lowest BCUT2D eigenvalue weighted by atomic mass is 9.94. The summed E-state index contributed by atoms with van der Waals surface area (Å²) in [4.78, 5) is 0. The first kappa shape index (κ1) is 12.7. The van der Waals surface area contributed by atoms with Crippen LogP contribution >= 0.6 is 0 Å². The van der Waals surface area contributed by atoms with Crippen molar-refractivity contribution in [1.29, 1.82) is 0 Å². The number of rotatable bonds is 7. The van der Waals surface area contributed by atoms with Crippen LogP contribution < -0.4 is 5.32 Å². The SMILES string of the molecule is C=C(CC)CC(CC1CCOC1)NCC. The normalized spacial score (nSPS) is 22.9. The lowest BCUT2D eigenvalue weighted by molar-refractivity contribution is 0.181. The molecular weight excluding hydrogens is 186 g/mol. The Balaban J connectivity index is 2.31. The summed E-state index contributed by atoms with van der Waals surface area (Å²) in [5.41, 5.74) is 1.36. The van der Waals surface area contributed by atoms with Crippen molar-refractivity contribution in [2.24, 2.45) is 5.92 Å². The summed E-state index contributed by atoms with van der Waals surface area (Å²) in [5.74, 6) is 0.763. The van der Waals surface area contributed by atoms with Crippen LogP contribution in [0.4, 0.5) is 0 Å². The third-order valence-corrected chi connectivity index (χ3v) is 3.17. The highest BCUT2D eigenvalue weighted by Gasteiger charge is 2.20. The van der Waals surface area contributed by atoms with E-state index in [1.807, 2.05) is 0 Å². The lowest BCUT2D eigenvalue weighted by Crippen LogP contribution is -2.31. The first-order valence-corrected chi connectivity index (χ1v) is 6.24. The Hall–Kier alpha value is -0.340. The molecule has 1 saturated heterocycles. The smallest absolute Gasteiger partial charge is 0.0495 e. The van der Waals surface area contributed by atoms with Crippen LogP contribution in [0.1, 0.15) is 39.5 Å². The summed E-state index contributed by atoms with van der Waals surface area (Å²) in [6, 6.07) is 0.606. The molecule has 0 aromatic heterocycles. The zero-order valence-electron chi connectivity index (χ0n) is 10.2. The maximum Gasteiger partial charge on any atom is 0.0495 e. The minimum absolute atomic E-state index is 0.606. The van der Waals surface area contributed by atoms with Gasteiger partial charge in [0.05, 0.1) is 0 Å². The van der Waals surface area contributed by atoms with Gasteiger partial charge in [0.15, 0.2) is 0 Å². The van der Waals surface area contributed by atoms with Crippen LogP contribution in [-0.4, -0.2) is 25.8 Å². The molecule has 1 aliphatic rings. The minimum atomic E-state index is 0.606. The van der Waals surface area contributed by atoms with Gasteiger partial charge in [-0.25, -0.2) is 0 Å². The van der Waals surface area contributed by atoms with E-state index in [0.717, 1.165) is 38.5 Å². The van der Waals surface area contributed by atoms with Crippen molar-refractivity contribution in [2.75, 3.05) is 19.8 Å². The van der Waals surface area contributed by atoms with E-state index in [1.54, 1.807) is 0 Å². The average Bonchev–Trinajstić information content (AvgIpc) is 2.70. The van der Waals surface area contributed by atoms with E-state index in [-0.39, 0.29) is 0 Å². The minimum Gasteiger partial charge on any atom is -0.381 e. The Bertz CT molecular complexity index is 185. The van der Waals surface area contributed by atoms with Crippen molar-refractivity contribution in [3.8, 4) is 0 Å². The largest absolute Gasteiger partial charge is 0.381 e. The molecule has 1 fully saturated rings. The average molecular weight is 211 g/mol. The van der Waals surface area contributed by atoms with Gasteiger partial charge < -0.3 is 10.1 Å². The van der Waals surface area contributed by atoms with Crippen molar-refractivity contribution in [3.63, 3.8) is 0 Å². The highest BCUT2D eigenvalue weighted by Crippen LogP contribution is 2.21. The summed E-state index contributed by atoms with van der Waals surface area (Å²) in [6.07, 6.45) is 4.71. The summed E-state index contributed by atoms with van der Waals surface area (Å²) < 4.78 is 5.42. The van der Waals surface area contributed by atoms with E-state index >= 15 is 0 Å². The zero-order valence-corrected chi connectivity index (χ0v) is 10.2. The molecular formula is C13H25NO. The summed E-state index contributed by atoms with van der Waals surface area (Å²) >= 11 is 0. The number of ether oxygens (including phenoxy) is 1. The second-order valence-corrected chi connectivity index (χ2v) is 4.53. The van der Waals surface area contributed by atoms with Crippen molar-refractivity contribution >= 4 is 0 Å². The molecule has 2 heteroatoms. The van der Waals surface area contributed by atoms with E-state index in [1.165, 1.54) is 18.4 Å². The predicted molar refractivity (Wildman–Crippen MR) is 65.1 cm³/mol. The first-order valence-electron chi connectivity index (χ1n) is 6.24. The lowest BCUT2D eigenvalue weighted by Gasteiger charge is -2.21. The van der Waals surface area contributed by atoms with Gasteiger partial charge in [0.25, 0.3) is 0 Å². The monoisotopic (exact) mass is 211 g/mol. The molecule has 1 aliphatic heterocycles. The molecule has 1 heterocycles. The Labute approximate surface area is 94.1 Å². The zero-order chi connectivity index (χ0) is 11.1. The number of nitrogens with one attached hydrogen (secondary N) is 1. The summed E-state index contributed by atoms with van der Waals surface area (Å²) in [7, 11) is 0. The molecule has 88 valence electrons. The van der Waals surface area contributed by atoms with E-state index in [4.69, 9.17) is 4.74 Å². The molecule has 1 N–H and O–H groups in total. The first-order chi connectivity index (χ1) is 7.26. The molecule has 0 saturated carbocycles. The van der Waals surface area contributed by atoms with Crippen LogP contribution in [0.25, 0.3) is 0 Å².